The van der Waals surface area contributed by atoms with Gasteiger partial charge in [0.25, 0.3) is 0 Å². The third-order valence-corrected chi connectivity index (χ3v) is 3.12. The number of ether oxygens (including phenoxy) is 2. The molecule has 2 N–H and O–H groups in total. The van der Waals surface area contributed by atoms with E-state index in [1.807, 2.05) is 36.4 Å². The van der Waals surface area contributed by atoms with Crippen LogP contribution in [-0.4, -0.2) is 19.3 Å². The van der Waals surface area contributed by atoms with Crippen LogP contribution in [0.15, 0.2) is 42.5 Å². The molecule has 0 aliphatic carbocycles. The zero-order valence-electron chi connectivity index (χ0n) is 11.7. The Balaban J connectivity index is 1.96. The first kappa shape index (κ1) is 14.2. The molecule has 106 valence electrons. The number of hydrogen-bond donors (Lipinski definition) is 2. The molecule has 0 atom stereocenters. The van der Waals surface area contributed by atoms with Crippen molar-refractivity contribution in [1.82, 2.24) is 5.32 Å². The van der Waals surface area contributed by atoms with E-state index in [4.69, 9.17) is 9.47 Å². The highest BCUT2D eigenvalue weighted by Gasteiger charge is 2.04. The summed E-state index contributed by atoms with van der Waals surface area (Å²) in [7, 11) is 3.24. The van der Waals surface area contributed by atoms with E-state index >= 15 is 0 Å². The third kappa shape index (κ3) is 3.42. The van der Waals surface area contributed by atoms with Crippen LogP contribution in [0.25, 0.3) is 0 Å². The average molecular weight is 273 g/mol. The number of benzene rings is 2. The molecule has 4 nitrogen and oxygen atoms in total. The summed E-state index contributed by atoms with van der Waals surface area (Å²) >= 11 is 0. The maximum absolute atomic E-state index is 9.88. The summed E-state index contributed by atoms with van der Waals surface area (Å²) in [5, 5.41) is 13.2. The second-order valence-corrected chi connectivity index (χ2v) is 4.41. The molecule has 2 aromatic carbocycles. The normalized spacial score (nSPS) is 10.3. The largest absolute Gasteiger partial charge is 0.507 e. The van der Waals surface area contributed by atoms with Crippen molar-refractivity contribution >= 4 is 0 Å². The fourth-order valence-electron chi connectivity index (χ4n) is 2.00. The van der Waals surface area contributed by atoms with Crippen molar-refractivity contribution in [2.24, 2.45) is 0 Å². The third-order valence-electron chi connectivity index (χ3n) is 3.12. The molecule has 0 amide bonds. The first-order chi connectivity index (χ1) is 9.74. The average Bonchev–Trinajstić information content (AvgIpc) is 2.49. The lowest BCUT2D eigenvalue weighted by Crippen LogP contribution is -2.13. The van der Waals surface area contributed by atoms with E-state index in [2.05, 4.69) is 5.32 Å². The van der Waals surface area contributed by atoms with Gasteiger partial charge in [0.15, 0.2) is 0 Å². The van der Waals surface area contributed by atoms with E-state index in [0.29, 0.717) is 18.8 Å². The summed E-state index contributed by atoms with van der Waals surface area (Å²) in [5.74, 6) is 1.74. The topological polar surface area (TPSA) is 50.7 Å². The SMILES string of the molecule is COc1ccc(CNCc2ccccc2OC)c(O)c1. The Kier molecular flexibility index (Phi) is 4.85. The Hall–Kier alpha value is -2.20. The zero-order chi connectivity index (χ0) is 14.4. The lowest BCUT2D eigenvalue weighted by atomic mass is 10.1. The fraction of sp³-hybridized carbons (Fsp3) is 0.250. The minimum Gasteiger partial charge on any atom is -0.507 e. The zero-order valence-corrected chi connectivity index (χ0v) is 11.7. The van der Waals surface area contributed by atoms with E-state index in [-0.39, 0.29) is 5.75 Å². The van der Waals surface area contributed by atoms with Gasteiger partial charge in [-0.3, -0.25) is 0 Å². The van der Waals surface area contributed by atoms with Crippen molar-refractivity contribution in [3.05, 3.63) is 53.6 Å². The minimum absolute atomic E-state index is 0.233. The predicted molar refractivity (Wildman–Crippen MR) is 78.2 cm³/mol. The van der Waals surface area contributed by atoms with Gasteiger partial charge in [0, 0.05) is 30.3 Å². The number of methoxy groups -OCH3 is 2. The van der Waals surface area contributed by atoms with Crippen LogP contribution in [0.3, 0.4) is 0 Å². The van der Waals surface area contributed by atoms with Crippen LogP contribution >= 0.6 is 0 Å². The van der Waals surface area contributed by atoms with E-state index < -0.39 is 0 Å². The Labute approximate surface area is 119 Å². The van der Waals surface area contributed by atoms with E-state index in [1.165, 1.54) is 0 Å². The summed E-state index contributed by atoms with van der Waals surface area (Å²) in [6.45, 7) is 1.25. The van der Waals surface area contributed by atoms with E-state index in [0.717, 1.165) is 16.9 Å². The second-order valence-electron chi connectivity index (χ2n) is 4.41. The molecular weight excluding hydrogens is 254 g/mol. The van der Waals surface area contributed by atoms with Gasteiger partial charge >= 0.3 is 0 Å². The first-order valence-corrected chi connectivity index (χ1v) is 6.43. The first-order valence-electron chi connectivity index (χ1n) is 6.43. The van der Waals surface area contributed by atoms with E-state index in [1.54, 1.807) is 20.3 Å². The van der Waals surface area contributed by atoms with Gasteiger partial charge in [0.1, 0.15) is 17.2 Å². The fourth-order valence-corrected chi connectivity index (χ4v) is 2.00. The standard InChI is InChI=1S/C16H19NO3/c1-19-14-8-7-12(15(18)9-14)10-17-11-13-5-3-4-6-16(13)20-2/h3-9,17-18H,10-11H2,1-2H3. The monoisotopic (exact) mass is 273 g/mol. The molecule has 0 radical (unpaired) electrons. The maximum Gasteiger partial charge on any atom is 0.123 e. The Morgan fingerprint density at radius 2 is 1.70 bits per heavy atom. The van der Waals surface area contributed by atoms with Crippen LogP contribution in [0.2, 0.25) is 0 Å². The van der Waals surface area contributed by atoms with Crippen LogP contribution in [0.4, 0.5) is 0 Å². The van der Waals surface area contributed by atoms with Crippen LogP contribution in [-0.2, 0) is 13.1 Å². The van der Waals surface area contributed by atoms with Crippen molar-refractivity contribution in [3.8, 4) is 17.2 Å². The molecule has 0 saturated heterocycles. The number of rotatable bonds is 6. The molecule has 2 rings (SSSR count). The van der Waals surface area contributed by atoms with Gasteiger partial charge in [0.2, 0.25) is 0 Å². The smallest absolute Gasteiger partial charge is 0.123 e. The lowest BCUT2D eigenvalue weighted by molar-refractivity contribution is 0.404. The van der Waals surface area contributed by atoms with Crippen molar-refractivity contribution in [2.45, 2.75) is 13.1 Å². The molecule has 0 spiro atoms. The Morgan fingerprint density at radius 3 is 2.40 bits per heavy atom. The number of phenolic OH excluding ortho intramolecular Hbond substituents is 1. The van der Waals surface area contributed by atoms with Crippen molar-refractivity contribution in [1.29, 1.82) is 0 Å². The highest BCUT2D eigenvalue weighted by molar-refractivity contribution is 5.39. The molecule has 0 saturated carbocycles. The molecule has 4 heteroatoms. The van der Waals surface area contributed by atoms with E-state index in [9.17, 15) is 5.11 Å². The number of para-hydroxylation sites is 1. The lowest BCUT2D eigenvalue weighted by Gasteiger charge is -2.11. The quantitative estimate of drug-likeness (QED) is 0.849. The molecular formula is C16H19NO3. The van der Waals surface area contributed by atoms with Crippen molar-refractivity contribution in [3.63, 3.8) is 0 Å². The molecule has 0 heterocycles. The van der Waals surface area contributed by atoms with Crippen LogP contribution in [0.5, 0.6) is 17.2 Å². The summed E-state index contributed by atoms with van der Waals surface area (Å²) < 4.78 is 10.4. The molecule has 0 aliphatic rings. The van der Waals surface area contributed by atoms with Gasteiger partial charge < -0.3 is 19.9 Å². The van der Waals surface area contributed by atoms with Crippen LogP contribution in [0.1, 0.15) is 11.1 Å². The number of nitrogens with one attached hydrogen (secondary N) is 1. The molecule has 0 fully saturated rings. The molecule has 20 heavy (non-hydrogen) atoms. The van der Waals surface area contributed by atoms with Gasteiger partial charge in [-0.25, -0.2) is 0 Å². The van der Waals surface area contributed by atoms with Gasteiger partial charge in [0.05, 0.1) is 14.2 Å². The van der Waals surface area contributed by atoms with Gasteiger partial charge in [-0.1, -0.05) is 24.3 Å². The maximum atomic E-state index is 9.88. The highest BCUT2D eigenvalue weighted by atomic mass is 16.5. The minimum atomic E-state index is 0.233. The van der Waals surface area contributed by atoms with Crippen LogP contribution < -0.4 is 14.8 Å². The molecule has 2 aromatic rings. The number of aromatic hydroxyl groups is 1. The second kappa shape index (κ2) is 6.82. The van der Waals surface area contributed by atoms with Crippen molar-refractivity contribution in [2.75, 3.05) is 14.2 Å². The Morgan fingerprint density at radius 1 is 0.950 bits per heavy atom. The number of phenols is 1. The summed E-state index contributed by atoms with van der Waals surface area (Å²) in [6, 6.07) is 13.2. The molecule has 0 aromatic heterocycles. The summed E-state index contributed by atoms with van der Waals surface area (Å²) in [6.07, 6.45) is 0. The number of hydrogen-bond acceptors (Lipinski definition) is 4. The molecule has 0 aliphatic heterocycles. The van der Waals surface area contributed by atoms with Gasteiger partial charge in [-0.2, -0.15) is 0 Å². The predicted octanol–water partition coefficient (Wildman–Crippen LogP) is 2.70. The molecule has 0 bridgehead atoms. The molecule has 0 unspecified atom stereocenters. The summed E-state index contributed by atoms with van der Waals surface area (Å²) in [5.41, 5.74) is 1.92. The Bertz CT molecular complexity index is 569. The van der Waals surface area contributed by atoms with Gasteiger partial charge in [-0.15, -0.1) is 0 Å². The summed E-state index contributed by atoms with van der Waals surface area (Å²) in [4.78, 5) is 0. The highest BCUT2D eigenvalue weighted by Crippen LogP contribution is 2.23. The van der Waals surface area contributed by atoms with Gasteiger partial charge in [-0.05, 0) is 12.1 Å². The van der Waals surface area contributed by atoms with Crippen LogP contribution in [0, 0.1) is 0 Å². The van der Waals surface area contributed by atoms with Crippen molar-refractivity contribution < 1.29 is 14.6 Å².